The number of alkyl halides is 2. The zero-order chi connectivity index (χ0) is 16.2. The lowest BCUT2D eigenvalue weighted by Crippen LogP contribution is -2.37. The van der Waals surface area contributed by atoms with Gasteiger partial charge >= 0.3 is 0 Å². The van der Waals surface area contributed by atoms with Gasteiger partial charge in [-0.15, -0.1) is 0 Å². The molecule has 1 aromatic heterocycles. The third kappa shape index (κ3) is 4.59. The van der Waals surface area contributed by atoms with Gasteiger partial charge in [0.05, 0.1) is 6.54 Å². The monoisotopic (exact) mass is 324 g/mol. The molecule has 126 valence electrons. The summed E-state index contributed by atoms with van der Waals surface area (Å²) in [6.45, 7) is 1.13. The maximum absolute atomic E-state index is 12.1. The Balaban J connectivity index is 1.46. The molecule has 1 aliphatic carbocycles. The highest BCUT2D eigenvalue weighted by Gasteiger charge is 2.28. The van der Waals surface area contributed by atoms with Crippen molar-refractivity contribution in [3.05, 3.63) is 18.1 Å². The highest BCUT2D eigenvalue weighted by atomic mass is 19.3. The first-order valence-electron chi connectivity index (χ1n) is 8.24. The summed E-state index contributed by atoms with van der Waals surface area (Å²) in [5.41, 5.74) is 0. The Bertz CT molecular complexity index is 543. The molecule has 0 unspecified atom stereocenters. The number of aromatic nitrogens is 2. The van der Waals surface area contributed by atoms with Crippen molar-refractivity contribution in [2.24, 2.45) is 5.92 Å². The minimum Gasteiger partial charge on any atom is -0.356 e. The normalized spacial score (nSPS) is 19.2. The smallest absolute Gasteiger partial charge is 0.255 e. The van der Waals surface area contributed by atoms with Gasteiger partial charge in [0, 0.05) is 31.6 Å². The molecule has 0 bridgehead atoms. The van der Waals surface area contributed by atoms with Crippen molar-refractivity contribution in [2.45, 2.75) is 44.4 Å². The largest absolute Gasteiger partial charge is 0.356 e. The molecular weight excluding hydrogens is 302 g/mol. The Labute approximate surface area is 134 Å². The van der Waals surface area contributed by atoms with E-state index >= 15 is 0 Å². The number of hydrogen-bond donors (Lipinski definition) is 1. The quantitative estimate of drug-likeness (QED) is 0.872. The minimum atomic E-state index is -2.49. The molecule has 2 fully saturated rings. The van der Waals surface area contributed by atoms with Gasteiger partial charge in [-0.25, -0.2) is 18.7 Å². The number of halogens is 2. The van der Waals surface area contributed by atoms with Crippen LogP contribution in [0.4, 0.5) is 14.6 Å². The fourth-order valence-electron chi connectivity index (χ4n) is 2.97. The number of nitrogens with zero attached hydrogens (tertiary/aromatic N) is 3. The van der Waals surface area contributed by atoms with Crippen LogP contribution in [-0.2, 0) is 4.79 Å². The van der Waals surface area contributed by atoms with Gasteiger partial charge < -0.3 is 10.2 Å². The first kappa shape index (κ1) is 16.1. The molecule has 1 N–H and O–H groups in total. The van der Waals surface area contributed by atoms with Gasteiger partial charge in [0.15, 0.2) is 0 Å². The minimum absolute atomic E-state index is 0.258. The summed E-state index contributed by atoms with van der Waals surface area (Å²) in [6.07, 6.45) is 3.78. The second-order valence-corrected chi connectivity index (χ2v) is 6.38. The van der Waals surface area contributed by atoms with Crippen LogP contribution in [0.3, 0.4) is 0 Å². The van der Waals surface area contributed by atoms with E-state index in [0.717, 1.165) is 37.6 Å². The van der Waals surface area contributed by atoms with Crippen LogP contribution in [0.2, 0.25) is 0 Å². The van der Waals surface area contributed by atoms with Crippen molar-refractivity contribution in [2.75, 3.05) is 24.5 Å². The lowest BCUT2D eigenvalue weighted by atomic mass is 9.93. The number of rotatable bonds is 6. The lowest BCUT2D eigenvalue weighted by Gasteiger charge is -2.32. The first-order chi connectivity index (χ1) is 11.1. The zero-order valence-electron chi connectivity index (χ0n) is 13.0. The van der Waals surface area contributed by atoms with Crippen LogP contribution < -0.4 is 10.2 Å². The van der Waals surface area contributed by atoms with Crippen molar-refractivity contribution in [1.82, 2.24) is 15.3 Å². The number of hydrogen-bond acceptors (Lipinski definition) is 4. The summed E-state index contributed by atoms with van der Waals surface area (Å²) >= 11 is 0. The second kappa shape index (κ2) is 7.19. The second-order valence-electron chi connectivity index (χ2n) is 6.38. The van der Waals surface area contributed by atoms with Crippen LogP contribution >= 0.6 is 0 Å². The molecule has 1 amide bonds. The van der Waals surface area contributed by atoms with E-state index in [-0.39, 0.29) is 11.8 Å². The summed E-state index contributed by atoms with van der Waals surface area (Å²) in [5, 5.41) is 2.28. The van der Waals surface area contributed by atoms with Gasteiger partial charge in [0.25, 0.3) is 6.43 Å². The predicted molar refractivity (Wildman–Crippen MR) is 82.6 cm³/mol. The van der Waals surface area contributed by atoms with E-state index in [1.807, 2.05) is 12.3 Å². The van der Waals surface area contributed by atoms with Crippen LogP contribution in [0.25, 0.3) is 0 Å². The molecule has 1 aromatic rings. The van der Waals surface area contributed by atoms with Gasteiger partial charge in [0.1, 0.15) is 11.6 Å². The third-order valence-electron chi connectivity index (χ3n) is 4.47. The highest BCUT2D eigenvalue weighted by Crippen LogP contribution is 2.38. The number of nitrogens with one attached hydrogen (secondary N) is 1. The van der Waals surface area contributed by atoms with Crippen LogP contribution in [0.1, 0.15) is 43.8 Å². The lowest BCUT2D eigenvalue weighted by molar-refractivity contribution is -0.122. The number of anilines is 1. The molecule has 0 atom stereocenters. The van der Waals surface area contributed by atoms with Crippen LogP contribution in [0, 0.1) is 5.92 Å². The van der Waals surface area contributed by atoms with Crippen LogP contribution in [0.15, 0.2) is 12.3 Å². The van der Waals surface area contributed by atoms with Gasteiger partial charge in [-0.2, -0.15) is 0 Å². The SMILES string of the molecule is O=C(CC1CCN(c2ccnc(C3CC3)n2)CC1)NCC(F)F. The van der Waals surface area contributed by atoms with E-state index < -0.39 is 13.0 Å². The van der Waals surface area contributed by atoms with E-state index in [1.54, 1.807) is 0 Å². The van der Waals surface area contributed by atoms with E-state index in [4.69, 9.17) is 0 Å². The van der Waals surface area contributed by atoms with Gasteiger partial charge in [0.2, 0.25) is 5.91 Å². The van der Waals surface area contributed by atoms with Crippen molar-refractivity contribution in [1.29, 1.82) is 0 Å². The van der Waals surface area contributed by atoms with E-state index in [1.165, 1.54) is 12.8 Å². The predicted octanol–water partition coefficient (Wildman–Crippen LogP) is 2.34. The summed E-state index contributed by atoms with van der Waals surface area (Å²) in [6, 6.07) is 1.93. The summed E-state index contributed by atoms with van der Waals surface area (Å²) in [7, 11) is 0. The molecule has 1 saturated heterocycles. The van der Waals surface area contributed by atoms with E-state index in [0.29, 0.717) is 12.3 Å². The van der Waals surface area contributed by atoms with Crippen molar-refractivity contribution in [3.63, 3.8) is 0 Å². The van der Waals surface area contributed by atoms with Crippen molar-refractivity contribution < 1.29 is 13.6 Å². The topological polar surface area (TPSA) is 58.1 Å². The Morgan fingerprint density at radius 2 is 2.04 bits per heavy atom. The number of amides is 1. The summed E-state index contributed by atoms with van der Waals surface area (Å²) < 4.78 is 24.1. The van der Waals surface area contributed by atoms with Gasteiger partial charge in [-0.1, -0.05) is 0 Å². The molecule has 1 saturated carbocycles. The average molecular weight is 324 g/mol. The standard InChI is InChI=1S/C16H22F2N4O/c17-13(18)10-20-15(23)9-11-4-7-22(8-5-11)14-3-6-19-16(21-14)12-1-2-12/h3,6,11-13H,1-2,4-5,7-10H2,(H,20,23). The Morgan fingerprint density at radius 3 is 2.70 bits per heavy atom. The Morgan fingerprint density at radius 1 is 1.30 bits per heavy atom. The summed E-state index contributed by atoms with van der Waals surface area (Å²) in [5.74, 6) is 2.42. The molecule has 0 spiro atoms. The van der Waals surface area contributed by atoms with E-state index in [2.05, 4.69) is 20.2 Å². The maximum Gasteiger partial charge on any atom is 0.255 e. The highest BCUT2D eigenvalue weighted by molar-refractivity contribution is 5.76. The van der Waals surface area contributed by atoms with Gasteiger partial charge in [-0.3, -0.25) is 4.79 Å². The molecular formula is C16H22F2N4O. The van der Waals surface area contributed by atoms with Crippen molar-refractivity contribution in [3.8, 4) is 0 Å². The van der Waals surface area contributed by atoms with Crippen LogP contribution in [-0.4, -0.2) is 41.9 Å². The van der Waals surface area contributed by atoms with Crippen molar-refractivity contribution >= 4 is 11.7 Å². The molecule has 7 heteroatoms. The molecule has 0 aromatic carbocycles. The maximum atomic E-state index is 12.1. The average Bonchev–Trinajstić information content (AvgIpc) is 3.39. The molecule has 2 aliphatic rings. The molecule has 0 radical (unpaired) electrons. The molecule has 2 heterocycles. The molecule has 23 heavy (non-hydrogen) atoms. The number of carbonyl (C=O) groups is 1. The number of carbonyl (C=O) groups excluding carboxylic acids is 1. The number of piperidine rings is 1. The zero-order valence-corrected chi connectivity index (χ0v) is 13.0. The summed E-state index contributed by atoms with van der Waals surface area (Å²) in [4.78, 5) is 22.8. The van der Waals surface area contributed by atoms with E-state index in [9.17, 15) is 13.6 Å². The Hall–Kier alpha value is -1.79. The van der Waals surface area contributed by atoms with Gasteiger partial charge in [-0.05, 0) is 37.7 Å². The Kier molecular flexibility index (Phi) is 5.03. The molecule has 3 rings (SSSR count). The first-order valence-corrected chi connectivity index (χ1v) is 8.24. The fraction of sp³-hybridized carbons (Fsp3) is 0.688. The van der Waals surface area contributed by atoms with Crippen LogP contribution in [0.5, 0.6) is 0 Å². The fourth-order valence-corrected chi connectivity index (χ4v) is 2.97. The molecule has 1 aliphatic heterocycles. The molecule has 5 nitrogen and oxygen atoms in total. The third-order valence-corrected chi connectivity index (χ3v) is 4.47.